The van der Waals surface area contributed by atoms with Gasteiger partial charge in [0.1, 0.15) is 0 Å². The van der Waals surface area contributed by atoms with Gasteiger partial charge in [-0.25, -0.2) is 0 Å². The molecule has 19 heavy (non-hydrogen) atoms. The van der Waals surface area contributed by atoms with Crippen LogP contribution >= 0.6 is 0 Å². The third-order valence-corrected chi connectivity index (χ3v) is 3.40. The third kappa shape index (κ3) is 5.88. The van der Waals surface area contributed by atoms with Crippen LogP contribution in [0.4, 0.5) is 5.69 Å². The van der Waals surface area contributed by atoms with Crippen LogP contribution < -0.4 is 5.32 Å². The number of rotatable bonds is 7. The van der Waals surface area contributed by atoms with Gasteiger partial charge in [0.2, 0.25) is 5.91 Å². The molecule has 3 heteroatoms. The van der Waals surface area contributed by atoms with Gasteiger partial charge >= 0.3 is 0 Å². The summed E-state index contributed by atoms with van der Waals surface area (Å²) < 4.78 is 0. The second-order valence-electron chi connectivity index (χ2n) is 5.25. The predicted molar refractivity (Wildman–Crippen MR) is 81.6 cm³/mol. The molecule has 0 saturated heterocycles. The summed E-state index contributed by atoms with van der Waals surface area (Å²) in [6, 6.07) is 6.02. The smallest absolute Gasteiger partial charge is 0.225 e. The molecule has 0 spiro atoms. The number of hydrogen-bond donors (Lipinski definition) is 1. The molecule has 1 N–H and O–H groups in total. The molecule has 0 aromatic heterocycles. The first-order chi connectivity index (χ1) is 9.02. The van der Waals surface area contributed by atoms with Gasteiger partial charge in [-0.3, -0.25) is 4.79 Å². The van der Waals surface area contributed by atoms with Gasteiger partial charge in [-0.2, -0.15) is 0 Å². The summed E-state index contributed by atoms with van der Waals surface area (Å²) in [7, 11) is 2.07. The molecule has 106 valence electrons. The highest BCUT2D eigenvalue weighted by molar-refractivity contribution is 5.90. The van der Waals surface area contributed by atoms with Crippen LogP contribution in [0.15, 0.2) is 18.2 Å². The van der Waals surface area contributed by atoms with Gasteiger partial charge in [0, 0.05) is 18.7 Å². The molecular weight excluding hydrogens is 236 g/mol. The molecule has 0 aliphatic carbocycles. The quantitative estimate of drug-likeness (QED) is 0.817. The first-order valence-electron chi connectivity index (χ1n) is 7.08. The highest BCUT2D eigenvalue weighted by atomic mass is 16.1. The number of carbonyl (C=O) groups is 1. The minimum Gasteiger partial charge on any atom is -0.326 e. The van der Waals surface area contributed by atoms with Crippen LogP contribution in [0.5, 0.6) is 0 Å². The third-order valence-electron chi connectivity index (χ3n) is 3.40. The van der Waals surface area contributed by atoms with Gasteiger partial charge in [0.05, 0.1) is 0 Å². The molecule has 0 radical (unpaired) electrons. The monoisotopic (exact) mass is 262 g/mol. The Morgan fingerprint density at radius 1 is 1.21 bits per heavy atom. The van der Waals surface area contributed by atoms with E-state index in [1.54, 1.807) is 0 Å². The van der Waals surface area contributed by atoms with E-state index in [0.717, 1.165) is 18.8 Å². The summed E-state index contributed by atoms with van der Waals surface area (Å²) in [5, 5.41) is 2.96. The van der Waals surface area contributed by atoms with Crippen molar-refractivity contribution in [1.82, 2.24) is 4.90 Å². The normalized spacial score (nSPS) is 10.8. The van der Waals surface area contributed by atoms with Gasteiger partial charge < -0.3 is 10.2 Å². The average Bonchev–Trinajstić information content (AvgIpc) is 2.38. The number of anilines is 1. The van der Waals surface area contributed by atoms with Gasteiger partial charge in [0.25, 0.3) is 0 Å². The summed E-state index contributed by atoms with van der Waals surface area (Å²) in [4.78, 5) is 14.1. The fourth-order valence-corrected chi connectivity index (χ4v) is 1.87. The van der Waals surface area contributed by atoms with Crippen molar-refractivity contribution in [3.63, 3.8) is 0 Å². The lowest BCUT2D eigenvalue weighted by Crippen LogP contribution is -2.25. The van der Waals surface area contributed by atoms with E-state index in [2.05, 4.69) is 38.0 Å². The van der Waals surface area contributed by atoms with Crippen molar-refractivity contribution in [2.24, 2.45) is 0 Å². The second kappa shape index (κ2) is 7.95. The molecule has 0 heterocycles. The van der Waals surface area contributed by atoms with Gasteiger partial charge in [-0.1, -0.05) is 19.4 Å². The zero-order chi connectivity index (χ0) is 14.3. The molecule has 0 aliphatic rings. The molecule has 0 atom stereocenters. The topological polar surface area (TPSA) is 32.3 Å². The molecule has 1 rings (SSSR count). The van der Waals surface area contributed by atoms with Crippen molar-refractivity contribution in [3.8, 4) is 0 Å². The Morgan fingerprint density at radius 3 is 2.58 bits per heavy atom. The highest BCUT2D eigenvalue weighted by Gasteiger charge is 2.05. The Morgan fingerprint density at radius 2 is 1.95 bits per heavy atom. The number of aryl methyl sites for hydroxylation is 2. The number of carbonyl (C=O) groups excluding carboxylic acids is 1. The van der Waals surface area contributed by atoms with Crippen LogP contribution in [0.2, 0.25) is 0 Å². The fourth-order valence-electron chi connectivity index (χ4n) is 1.87. The van der Waals surface area contributed by atoms with Crippen molar-refractivity contribution >= 4 is 11.6 Å². The lowest BCUT2D eigenvalue weighted by Gasteiger charge is -2.15. The standard InChI is InChI=1S/C16H26N2O/c1-5-6-10-18(4)11-9-16(19)17-15-8-7-13(2)14(3)12-15/h7-8,12H,5-6,9-11H2,1-4H3,(H,17,19). The van der Waals surface area contributed by atoms with Gasteiger partial charge in [-0.15, -0.1) is 0 Å². The van der Waals surface area contributed by atoms with Crippen molar-refractivity contribution in [2.45, 2.75) is 40.0 Å². The molecule has 0 unspecified atom stereocenters. The van der Waals surface area contributed by atoms with E-state index >= 15 is 0 Å². The summed E-state index contributed by atoms with van der Waals surface area (Å²) in [5.74, 6) is 0.0894. The van der Waals surface area contributed by atoms with Crippen molar-refractivity contribution in [1.29, 1.82) is 0 Å². The Bertz CT molecular complexity index is 415. The molecule has 0 fully saturated rings. The molecule has 0 aliphatic heterocycles. The van der Waals surface area contributed by atoms with Gasteiger partial charge in [0.15, 0.2) is 0 Å². The number of benzene rings is 1. The lowest BCUT2D eigenvalue weighted by atomic mass is 10.1. The van der Waals surface area contributed by atoms with Crippen LogP contribution in [0, 0.1) is 13.8 Å². The predicted octanol–water partition coefficient (Wildman–Crippen LogP) is 3.36. The molecule has 1 aromatic carbocycles. The van der Waals surface area contributed by atoms with Crippen LogP contribution in [0.25, 0.3) is 0 Å². The van der Waals surface area contributed by atoms with E-state index in [1.165, 1.54) is 24.0 Å². The molecule has 3 nitrogen and oxygen atoms in total. The zero-order valence-corrected chi connectivity index (χ0v) is 12.6. The number of nitrogens with zero attached hydrogens (tertiary/aromatic N) is 1. The Kier molecular flexibility index (Phi) is 6.57. The van der Waals surface area contributed by atoms with E-state index < -0.39 is 0 Å². The van der Waals surface area contributed by atoms with Crippen molar-refractivity contribution in [2.75, 3.05) is 25.5 Å². The molecule has 1 amide bonds. The minimum absolute atomic E-state index is 0.0894. The Hall–Kier alpha value is -1.35. The largest absolute Gasteiger partial charge is 0.326 e. The van der Waals surface area contributed by atoms with Crippen molar-refractivity contribution in [3.05, 3.63) is 29.3 Å². The number of nitrogens with one attached hydrogen (secondary N) is 1. The Labute approximate surface area is 117 Å². The van der Waals surface area contributed by atoms with E-state index in [1.807, 2.05) is 18.2 Å². The van der Waals surface area contributed by atoms with E-state index in [-0.39, 0.29) is 5.91 Å². The van der Waals surface area contributed by atoms with Crippen molar-refractivity contribution < 1.29 is 4.79 Å². The molecular formula is C16H26N2O. The summed E-state index contributed by atoms with van der Waals surface area (Å²) in [6.07, 6.45) is 2.93. The summed E-state index contributed by atoms with van der Waals surface area (Å²) in [5.41, 5.74) is 3.35. The summed E-state index contributed by atoms with van der Waals surface area (Å²) >= 11 is 0. The highest BCUT2D eigenvalue weighted by Crippen LogP contribution is 2.14. The van der Waals surface area contributed by atoms with Crippen LogP contribution in [0.3, 0.4) is 0 Å². The number of unbranched alkanes of at least 4 members (excludes halogenated alkanes) is 1. The maximum absolute atomic E-state index is 11.8. The first-order valence-corrected chi connectivity index (χ1v) is 7.08. The van der Waals surface area contributed by atoms with Crippen LogP contribution in [-0.4, -0.2) is 30.9 Å². The number of amides is 1. The van der Waals surface area contributed by atoms with E-state index in [4.69, 9.17) is 0 Å². The average molecular weight is 262 g/mol. The molecule has 0 saturated carbocycles. The van der Waals surface area contributed by atoms with E-state index in [9.17, 15) is 4.79 Å². The van der Waals surface area contributed by atoms with Gasteiger partial charge in [-0.05, 0) is 57.1 Å². The molecule has 0 bridgehead atoms. The maximum atomic E-state index is 11.8. The Balaban J connectivity index is 2.36. The minimum atomic E-state index is 0.0894. The second-order valence-corrected chi connectivity index (χ2v) is 5.25. The first kappa shape index (κ1) is 15.7. The zero-order valence-electron chi connectivity index (χ0n) is 12.6. The molecule has 1 aromatic rings. The van der Waals surface area contributed by atoms with Crippen LogP contribution in [-0.2, 0) is 4.79 Å². The van der Waals surface area contributed by atoms with Crippen LogP contribution in [0.1, 0.15) is 37.3 Å². The fraction of sp³-hybridized carbons (Fsp3) is 0.562. The number of hydrogen-bond acceptors (Lipinski definition) is 2. The maximum Gasteiger partial charge on any atom is 0.225 e. The summed E-state index contributed by atoms with van der Waals surface area (Å²) in [6.45, 7) is 8.19. The lowest BCUT2D eigenvalue weighted by molar-refractivity contribution is -0.116. The van der Waals surface area contributed by atoms with E-state index in [0.29, 0.717) is 6.42 Å². The SMILES string of the molecule is CCCCN(C)CCC(=O)Nc1ccc(C)c(C)c1.